The number of carboxylic acids is 1. The van der Waals surface area contributed by atoms with Crippen LogP contribution in [0.3, 0.4) is 0 Å². The van der Waals surface area contributed by atoms with Gasteiger partial charge in [0.15, 0.2) is 0 Å². The lowest BCUT2D eigenvalue weighted by Gasteiger charge is -2.15. The van der Waals surface area contributed by atoms with Gasteiger partial charge in [0.1, 0.15) is 11.9 Å². The van der Waals surface area contributed by atoms with E-state index in [0.29, 0.717) is 12.8 Å². The second kappa shape index (κ2) is 10.4. The van der Waals surface area contributed by atoms with E-state index in [1.807, 2.05) is 6.92 Å². The molecule has 8 heteroatoms. The summed E-state index contributed by atoms with van der Waals surface area (Å²) in [5.41, 5.74) is 0.742. The summed E-state index contributed by atoms with van der Waals surface area (Å²) in [6.45, 7) is 3.19. The molecule has 0 fully saturated rings. The molecule has 0 aliphatic heterocycles. The molecule has 0 saturated heterocycles. The van der Waals surface area contributed by atoms with Gasteiger partial charge in [-0.3, -0.25) is 19.7 Å². The molecule has 0 aliphatic rings. The van der Waals surface area contributed by atoms with E-state index in [1.165, 1.54) is 12.1 Å². The van der Waals surface area contributed by atoms with Gasteiger partial charge in [-0.15, -0.1) is 0 Å². The molecule has 0 aromatic heterocycles. The van der Waals surface area contributed by atoms with Crippen molar-refractivity contribution in [1.29, 1.82) is 0 Å². The normalized spacial score (nSPS) is 12.9. The number of carbonyl (C=O) groups excluding carboxylic acids is 2. The summed E-state index contributed by atoms with van der Waals surface area (Å²) in [5, 5.41) is 16.7. The van der Waals surface area contributed by atoms with Gasteiger partial charge in [-0.25, -0.2) is 4.39 Å². The van der Waals surface area contributed by atoms with Crippen LogP contribution in [0.15, 0.2) is 24.3 Å². The fourth-order valence-corrected chi connectivity index (χ4v) is 2.19. The SMILES string of the molecule is CCCC(NCC(=O)NCC(=O)NC(C)c1ccc(F)cc1)C(=O)O. The van der Waals surface area contributed by atoms with Crippen molar-refractivity contribution < 1.29 is 23.9 Å². The van der Waals surface area contributed by atoms with E-state index < -0.39 is 23.8 Å². The Morgan fingerprint density at radius 1 is 1.12 bits per heavy atom. The molecular weight excluding hydrogens is 329 g/mol. The minimum atomic E-state index is -1.01. The average molecular weight is 353 g/mol. The van der Waals surface area contributed by atoms with Gasteiger partial charge in [0.25, 0.3) is 0 Å². The molecule has 0 aliphatic carbocycles. The van der Waals surface area contributed by atoms with E-state index in [2.05, 4.69) is 16.0 Å². The molecule has 0 spiro atoms. The molecule has 2 unspecified atom stereocenters. The van der Waals surface area contributed by atoms with Crippen LogP contribution < -0.4 is 16.0 Å². The summed E-state index contributed by atoms with van der Waals surface area (Å²) < 4.78 is 12.9. The Hall–Kier alpha value is -2.48. The number of hydrogen-bond donors (Lipinski definition) is 4. The molecule has 0 saturated carbocycles. The molecule has 25 heavy (non-hydrogen) atoms. The van der Waals surface area contributed by atoms with Crippen LogP contribution in [0, 0.1) is 5.82 Å². The van der Waals surface area contributed by atoms with Gasteiger partial charge in [-0.05, 0) is 31.0 Å². The number of benzene rings is 1. The van der Waals surface area contributed by atoms with Crippen LogP contribution >= 0.6 is 0 Å². The van der Waals surface area contributed by atoms with E-state index in [0.717, 1.165) is 5.56 Å². The Morgan fingerprint density at radius 3 is 2.32 bits per heavy atom. The Bertz CT molecular complexity index is 592. The quantitative estimate of drug-likeness (QED) is 0.501. The van der Waals surface area contributed by atoms with Crippen molar-refractivity contribution in [2.45, 2.75) is 38.8 Å². The first kappa shape index (κ1) is 20.6. The third-order valence-electron chi connectivity index (χ3n) is 3.58. The zero-order valence-corrected chi connectivity index (χ0v) is 14.3. The Balaban J connectivity index is 2.34. The van der Waals surface area contributed by atoms with Crippen molar-refractivity contribution in [3.8, 4) is 0 Å². The van der Waals surface area contributed by atoms with Crippen LogP contribution in [0.25, 0.3) is 0 Å². The van der Waals surface area contributed by atoms with E-state index in [-0.39, 0.29) is 24.9 Å². The standard InChI is InChI=1S/C17H24FN3O4/c1-3-4-14(17(24)25)19-9-15(22)20-10-16(23)21-11(2)12-5-7-13(18)8-6-12/h5-8,11,14,19H,3-4,9-10H2,1-2H3,(H,20,22)(H,21,23)(H,24,25). The van der Waals surface area contributed by atoms with E-state index >= 15 is 0 Å². The topological polar surface area (TPSA) is 108 Å². The lowest BCUT2D eigenvalue weighted by molar-refractivity contribution is -0.139. The lowest BCUT2D eigenvalue weighted by atomic mass is 10.1. The number of nitrogens with one attached hydrogen (secondary N) is 3. The minimum Gasteiger partial charge on any atom is -0.480 e. The smallest absolute Gasteiger partial charge is 0.320 e. The maximum Gasteiger partial charge on any atom is 0.320 e. The largest absolute Gasteiger partial charge is 0.480 e. The lowest BCUT2D eigenvalue weighted by Crippen LogP contribution is -2.45. The molecule has 2 amide bonds. The highest BCUT2D eigenvalue weighted by Gasteiger charge is 2.17. The van der Waals surface area contributed by atoms with E-state index in [9.17, 15) is 18.8 Å². The zero-order valence-electron chi connectivity index (χ0n) is 14.3. The predicted molar refractivity (Wildman–Crippen MR) is 90.3 cm³/mol. The van der Waals surface area contributed by atoms with Crippen LogP contribution in [0.2, 0.25) is 0 Å². The number of amides is 2. The molecule has 1 rings (SSSR count). The Morgan fingerprint density at radius 2 is 1.76 bits per heavy atom. The number of aliphatic carboxylic acids is 1. The number of hydrogen-bond acceptors (Lipinski definition) is 4. The van der Waals surface area contributed by atoms with E-state index in [1.54, 1.807) is 19.1 Å². The summed E-state index contributed by atoms with van der Waals surface area (Å²) in [7, 11) is 0. The van der Waals surface area contributed by atoms with Crippen molar-refractivity contribution >= 4 is 17.8 Å². The number of carboxylic acid groups (broad SMARTS) is 1. The summed E-state index contributed by atoms with van der Waals surface area (Å²) >= 11 is 0. The van der Waals surface area contributed by atoms with Crippen molar-refractivity contribution in [3.05, 3.63) is 35.6 Å². The summed E-state index contributed by atoms with van der Waals surface area (Å²) in [6, 6.07) is 4.64. The van der Waals surface area contributed by atoms with Crippen molar-refractivity contribution in [2.24, 2.45) is 0 Å². The molecule has 4 N–H and O–H groups in total. The maximum absolute atomic E-state index is 12.9. The van der Waals surface area contributed by atoms with Crippen LogP contribution in [-0.2, 0) is 14.4 Å². The molecule has 7 nitrogen and oxygen atoms in total. The second-order valence-corrected chi connectivity index (χ2v) is 5.68. The second-order valence-electron chi connectivity index (χ2n) is 5.68. The monoisotopic (exact) mass is 353 g/mol. The van der Waals surface area contributed by atoms with E-state index in [4.69, 9.17) is 5.11 Å². The van der Waals surface area contributed by atoms with Crippen LogP contribution in [-0.4, -0.2) is 42.0 Å². The summed E-state index contributed by atoms with van der Waals surface area (Å²) in [6.07, 6.45) is 1.09. The first-order valence-corrected chi connectivity index (χ1v) is 8.11. The van der Waals surface area contributed by atoms with Crippen LogP contribution in [0.4, 0.5) is 4.39 Å². The van der Waals surface area contributed by atoms with Gasteiger partial charge >= 0.3 is 5.97 Å². The molecule has 0 bridgehead atoms. The van der Waals surface area contributed by atoms with Crippen LogP contribution in [0.1, 0.15) is 38.3 Å². The molecule has 138 valence electrons. The number of halogens is 1. The first-order valence-electron chi connectivity index (χ1n) is 8.11. The fourth-order valence-electron chi connectivity index (χ4n) is 2.19. The summed E-state index contributed by atoms with van der Waals surface area (Å²) in [4.78, 5) is 34.5. The highest BCUT2D eigenvalue weighted by atomic mass is 19.1. The fraction of sp³-hybridized carbons (Fsp3) is 0.471. The molecule has 2 atom stereocenters. The molecule has 1 aromatic carbocycles. The van der Waals surface area contributed by atoms with Crippen molar-refractivity contribution in [2.75, 3.05) is 13.1 Å². The van der Waals surface area contributed by atoms with Crippen molar-refractivity contribution in [1.82, 2.24) is 16.0 Å². The maximum atomic E-state index is 12.9. The Kier molecular flexibility index (Phi) is 8.55. The van der Waals surface area contributed by atoms with Gasteiger partial charge < -0.3 is 15.7 Å². The molecule has 0 heterocycles. The first-order chi connectivity index (χ1) is 11.8. The van der Waals surface area contributed by atoms with Crippen LogP contribution in [0.5, 0.6) is 0 Å². The Labute approximate surface area is 146 Å². The number of carbonyl (C=O) groups is 3. The van der Waals surface area contributed by atoms with Gasteiger partial charge in [0, 0.05) is 0 Å². The molecule has 0 radical (unpaired) electrons. The predicted octanol–water partition coefficient (Wildman–Crippen LogP) is 0.962. The van der Waals surface area contributed by atoms with Gasteiger partial charge in [-0.1, -0.05) is 25.5 Å². The highest BCUT2D eigenvalue weighted by Crippen LogP contribution is 2.12. The third kappa shape index (κ3) is 7.75. The summed E-state index contributed by atoms with van der Waals surface area (Å²) in [5.74, 6) is -2.23. The number of rotatable bonds is 10. The van der Waals surface area contributed by atoms with Gasteiger partial charge in [0.2, 0.25) is 11.8 Å². The van der Waals surface area contributed by atoms with Gasteiger partial charge in [0.05, 0.1) is 19.1 Å². The minimum absolute atomic E-state index is 0.183. The van der Waals surface area contributed by atoms with Crippen molar-refractivity contribution in [3.63, 3.8) is 0 Å². The highest BCUT2D eigenvalue weighted by molar-refractivity contribution is 5.86. The zero-order chi connectivity index (χ0) is 18.8. The van der Waals surface area contributed by atoms with Gasteiger partial charge in [-0.2, -0.15) is 0 Å². The molecule has 1 aromatic rings. The third-order valence-corrected chi connectivity index (χ3v) is 3.58. The average Bonchev–Trinajstić information content (AvgIpc) is 2.57. The molecular formula is C17H24FN3O4.